The Morgan fingerprint density at radius 1 is 1.03 bits per heavy atom. The summed E-state index contributed by atoms with van der Waals surface area (Å²) in [5.74, 6) is 1.56. The molecule has 11 heteroatoms. The molecule has 1 N–H and O–H groups in total. The Balaban J connectivity index is 1.40. The fourth-order valence-electron chi connectivity index (χ4n) is 4.18. The molecule has 0 saturated carbocycles. The van der Waals surface area contributed by atoms with Crippen LogP contribution in [0.1, 0.15) is 18.5 Å². The van der Waals surface area contributed by atoms with Crippen LogP contribution in [-0.2, 0) is 14.8 Å². The van der Waals surface area contributed by atoms with E-state index in [9.17, 15) is 13.2 Å². The molecule has 3 aromatic rings. The van der Waals surface area contributed by atoms with Gasteiger partial charge in [0.05, 0.1) is 30.3 Å². The van der Waals surface area contributed by atoms with Crippen molar-refractivity contribution in [1.82, 2.24) is 5.32 Å². The highest BCUT2D eigenvalue weighted by Crippen LogP contribution is 2.39. The summed E-state index contributed by atoms with van der Waals surface area (Å²) in [4.78, 5) is 13.3. The molecule has 0 fully saturated rings. The first-order chi connectivity index (χ1) is 17.8. The summed E-state index contributed by atoms with van der Waals surface area (Å²) in [5.41, 5.74) is 1.07. The molecular weight excluding hydrogens is 520 g/mol. The van der Waals surface area contributed by atoms with E-state index < -0.39 is 28.1 Å². The van der Waals surface area contributed by atoms with Crippen molar-refractivity contribution in [3.8, 4) is 23.0 Å². The maximum Gasteiger partial charge on any atom is 0.264 e. The van der Waals surface area contributed by atoms with Crippen molar-refractivity contribution in [1.29, 1.82) is 0 Å². The molecule has 2 unspecified atom stereocenters. The van der Waals surface area contributed by atoms with Crippen molar-refractivity contribution in [3.63, 3.8) is 0 Å². The molecule has 0 spiro atoms. The van der Waals surface area contributed by atoms with Gasteiger partial charge >= 0.3 is 0 Å². The number of methoxy groups -OCH3 is 1. The Bertz CT molecular complexity index is 1430. The van der Waals surface area contributed by atoms with E-state index in [0.29, 0.717) is 35.5 Å². The first-order valence-electron chi connectivity index (χ1n) is 11.6. The lowest BCUT2D eigenvalue weighted by atomic mass is 10.1. The molecule has 3 aromatic carbocycles. The number of hydrogen-bond acceptors (Lipinski definition) is 7. The molecule has 5 rings (SSSR count). The first-order valence-corrected chi connectivity index (χ1v) is 13.4. The summed E-state index contributed by atoms with van der Waals surface area (Å²) in [7, 11) is -2.55. The van der Waals surface area contributed by atoms with Crippen LogP contribution in [0.25, 0.3) is 0 Å². The van der Waals surface area contributed by atoms with Crippen molar-refractivity contribution in [2.24, 2.45) is 0 Å². The number of carbonyl (C=O) groups is 1. The van der Waals surface area contributed by atoms with E-state index in [1.54, 1.807) is 30.3 Å². The van der Waals surface area contributed by atoms with Gasteiger partial charge in [-0.05, 0) is 67.1 Å². The lowest BCUT2D eigenvalue weighted by molar-refractivity contribution is -0.128. The third-order valence-electron chi connectivity index (χ3n) is 6.16. The quantitative estimate of drug-likeness (QED) is 0.501. The van der Waals surface area contributed by atoms with Crippen molar-refractivity contribution >= 4 is 33.2 Å². The van der Waals surface area contributed by atoms with Gasteiger partial charge in [-0.15, -0.1) is 0 Å². The van der Waals surface area contributed by atoms with E-state index in [-0.39, 0.29) is 22.9 Å². The number of carbonyl (C=O) groups excluding carboxylic acids is 1. The zero-order chi connectivity index (χ0) is 26.2. The standard InChI is InChI=1S/C26H25ClN2O7S/c1-16(17-3-9-23-24(13-17)35-12-11-34-23)28-26(30)25-15-29(21-14-18(27)4-10-22(21)36-25)37(31,32)20-7-5-19(33-2)6-8-20/h3-10,13-14,16,25H,11-12,15H2,1-2H3,(H,28,30). The van der Waals surface area contributed by atoms with Crippen LogP contribution in [0.3, 0.4) is 0 Å². The molecule has 2 heterocycles. The lowest BCUT2D eigenvalue weighted by Gasteiger charge is -2.35. The van der Waals surface area contributed by atoms with Gasteiger partial charge in [0, 0.05) is 5.02 Å². The van der Waals surface area contributed by atoms with Crippen LogP contribution in [-0.4, -0.2) is 47.3 Å². The smallest absolute Gasteiger partial charge is 0.264 e. The average molecular weight is 545 g/mol. The van der Waals surface area contributed by atoms with Crippen molar-refractivity contribution in [2.75, 3.05) is 31.2 Å². The summed E-state index contributed by atoms with van der Waals surface area (Å²) in [6.45, 7) is 2.53. The molecular formula is C26H25ClN2O7S. The largest absolute Gasteiger partial charge is 0.497 e. The molecule has 1 amide bonds. The summed E-state index contributed by atoms with van der Waals surface area (Å²) in [6, 6.07) is 15.7. The second kappa shape index (κ2) is 10.0. The van der Waals surface area contributed by atoms with E-state index in [2.05, 4.69) is 5.32 Å². The maximum absolute atomic E-state index is 13.6. The van der Waals surface area contributed by atoms with Crippen LogP contribution in [0, 0.1) is 0 Å². The number of halogens is 1. The van der Waals surface area contributed by atoms with E-state index in [1.807, 2.05) is 19.1 Å². The first kappa shape index (κ1) is 25.0. The van der Waals surface area contributed by atoms with Gasteiger partial charge in [-0.3, -0.25) is 9.10 Å². The highest BCUT2D eigenvalue weighted by Gasteiger charge is 2.38. The third kappa shape index (κ3) is 4.99. The average Bonchev–Trinajstić information content (AvgIpc) is 2.92. The fraction of sp³-hybridized carbons (Fsp3) is 0.269. The lowest BCUT2D eigenvalue weighted by Crippen LogP contribution is -2.51. The molecule has 0 radical (unpaired) electrons. The Morgan fingerprint density at radius 3 is 2.46 bits per heavy atom. The number of anilines is 1. The SMILES string of the molecule is COc1ccc(S(=O)(=O)N2CC(C(=O)NC(C)c3ccc4c(c3)OCCO4)Oc3ccc(Cl)cc32)cc1. The van der Waals surface area contributed by atoms with E-state index >= 15 is 0 Å². The van der Waals surface area contributed by atoms with Gasteiger partial charge in [-0.2, -0.15) is 0 Å². The predicted molar refractivity (Wildman–Crippen MR) is 137 cm³/mol. The van der Waals surface area contributed by atoms with E-state index in [4.69, 9.17) is 30.5 Å². The molecule has 2 atom stereocenters. The number of nitrogens with one attached hydrogen (secondary N) is 1. The fourth-order valence-corrected chi connectivity index (χ4v) is 5.82. The number of nitrogens with zero attached hydrogens (tertiary/aromatic N) is 1. The highest BCUT2D eigenvalue weighted by molar-refractivity contribution is 7.92. The molecule has 2 aliphatic heterocycles. The summed E-state index contributed by atoms with van der Waals surface area (Å²) in [6.07, 6.45) is -1.10. The molecule has 0 aliphatic carbocycles. The number of sulfonamides is 1. The molecule has 194 valence electrons. The minimum Gasteiger partial charge on any atom is -0.497 e. The topological polar surface area (TPSA) is 103 Å². The molecule has 0 bridgehead atoms. The van der Waals surface area contributed by atoms with Gasteiger partial charge in [0.25, 0.3) is 15.9 Å². The molecule has 37 heavy (non-hydrogen) atoms. The minimum atomic E-state index is -4.05. The second-order valence-corrected chi connectivity index (χ2v) is 10.9. The number of ether oxygens (including phenoxy) is 4. The Morgan fingerprint density at radius 2 is 1.73 bits per heavy atom. The van der Waals surface area contributed by atoms with Gasteiger partial charge in [0.2, 0.25) is 0 Å². The molecule has 2 aliphatic rings. The summed E-state index contributed by atoms with van der Waals surface area (Å²) >= 11 is 6.17. The van der Waals surface area contributed by atoms with E-state index in [0.717, 1.165) is 9.87 Å². The normalized spacial score (nSPS) is 17.3. The molecule has 0 aromatic heterocycles. The zero-order valence-electron chi connectivity index (χ0n) is 20.1. The highest BCUT2D eigenvalue weighted by atomic mass is 35.5. The van der Waals surface area contributed by atoms with Crippen LogP contribution >= 0.6 is 11.6 Å². The zero-order valence-corrected chi connectivity index (χ0v) is 21.7. The third-order valence-corrected chi connectivity index (χ3v) is 8.18. The predicted octanol–water partition coefficient (Wildman–Crippen LogP) is 3.95. The van der Waals surface area contributed by atoms with Gasteiger partial charge in [0.15, 0.2) is 17.6 Å². The van der Waals surface area contributed by atoms with Crippen molar-refractivity contribution in [2.45, 2.75) is 24.0 Å². The van der Waals surface area contributed by atoms with Gasteiger partial charge in [-0.1, -0.05) is 17.7 Å². The maximum atomic E-state index is 13.6. The summed E-state index contributed by atoms with van der Waals surface area (Å²) < 4.78 is 50.7. The van der Waals surface area contributed by atoms with Gasteiger partial charge in [-0.25, -0.2) is 8.42 Å². The van der Waals surface area contributed by atoms with Crippen LogP contribution in [0.5, 0.6) is 23.0 Å². The van der Waals surface area contributed by atoms with Crippen molar-refractivity contribution < 1.29 is 32.2 Å². The number of rotatable bonds is 6. The van der Waals surface area contributed by atoms with Crippen LogP contribution < -0.4 is 28.6 Å². The Kier molecular flexibility index (Phi) is 6.78. The second-order valence-electron chi connectivity index (χ2n) is 8.56. The molecule has 0 saturated heterocycles. The monoisotopic (exact) mass is 544 g/mol. The number of amides is 1. The van der Waals surface area contributed by atoms with Crippen LogP contribution in [0.4, 0.5) is 5.69 Å². The van der Waals surface area contributed by atoms with Gasteiger partial charge < -0.3 is 24.3 Å². The number of hydrogen-bond donors (Lipinski definition) is 1. The molecule has 9 nitrogen and oxygen atoms in total. The number of fused-ring (bicyclic) bond motifs is 2. The van der Waals surface area contributed by atoms with Crippen LogP contribution in [0.2, 0.25) is 5.02 Å². The Hall–Kier alpha value is -3.63. The minimum absolute atomic E-state index is 0.0462. The Labute approximate surface area is 219 Å². The van der Waals surface area contributed by atoms with Crippen molar-refractivity contribution in [3.05, 3.63) is 71.2 Å². The summed E-state index contributed by atoms with van der Waals surface area (Å²) in [5, 5.41) is 3.26. The number of benzene rings is 3. The van der Waals surface area contributed by atoms with Crippen LogP contribution in [0.15, 0.2) is 65.6 Å². The van der Waals surface area contributed by atoms with Gasteiger partial charge in [0.1, 0.15) is 24.7 Å². The van der Waals surface area contributed by atoms with E-state index in [1.165, 1.54) is 25.3 Å².